The molecule has 2 fully saturated rings. The van der Waals surface area contributed by atoms with Crippen molar-refractivity contribution in [2.75, 3.05) is 18.6 Å². The van der Waals surface area contributed by atoms with Gasteiger partial charge in [-0.1, -0.05) is 12.1 Å². The van der Waals surface area contributed by atoms with Gasteiger partial charge in [0.1, 0.15) is 5.75 Å². The van der Waals surface area contributed by atoms with Gasteiger partial charge in [-0.05, 0) is 42.9 Å². The molecule has 1 aromatic carbocycles. The molecular weight excluding hydrogens is 274 g/mol. The molecule has 0 aromatic heterocycles. The number of hydrogen-bond donors (Lipinski definition) is 1. The molecule has 1 aliphatic heterocycles. The van der Waals surface area contributed by atoms with E-state index in [0.29, 0.717) is 23.5 Å². The summed E-state index contributed by atoms with van der Waals surface area (Å²) in [6.45, 7) is 0. The van der Waals surface area contributed by atoms with Gasteiger partial charge in [-0.25, -0.2) is 8.42 Å². The van der Waals surface area contributed by atoms with Gasteiger partial charge in [-0.2, -0.15) is 0 Å². The van der Waals surface area contributed by atoms with E-state index >= 15 is 0 Å². The molecule has 1 atom stereocenters. The van der Waals surface area contributed by atoms with E-state index in [1.165, 1.54) is 5.56 Å². The Morgan fingerprint density at radius 1 is 1.25 bits per heavy atom. The Hall–Kier alpha value is -1.07. The van der Waals surface area contributed by atoms with Crippen molar-refractivity contribution in [2.24, 2.45) is 0 Å². The van der Waals surface area contributed by atoms with Gasteiger partial charge in [-0.15, -0.1) is 0 Å². The first kappa shape index (κ1) is 13.9. The van der Waals surface area contributed by atoms with Gasteiger partial charge >= 0.3 is 0 Å². The zero-order valence-electron chi connectivity index (χ0n) is 11.7. The van der Waals surface area contributed by atoms with Crippen LogP contribution >= 0.6 is 0 Å². The summed E-state index contributed by atoms with van der Waals surface area (Å²) in [5, 5.41) is 3.49. The smallest absolute Gasteiger partial charge is 0.151 e. The maximum Gasteiger partial charge on any atom is 0.151 e. The van der Waals surface area contributed by atoms with Crippen LogP contribution in [0.4, 0.5) is 0 Å². The molecule has 1 saturated carbocycles. The van der Waals surface area contributed by atoms with Crippen molar-refractivity contribution in [3.63, 3.8) is 0 Å². The molecule has 5 heteroatoms. The monoisotopic (exact) mass is 295 g/mol. The Bertz CT molecular complexity index is 579. The van der Waals surface area contributed by atoms with Gasteiger partial charge in [0.2, 0.25) is 0 Å². The van der Waals surface area contributed by atoms with E-state index in [1.807, 2.05) is 12.1 Å². The van der Waals surface area contributed by atoms with Crippen LogP contribution in [0.5, 0.6) is 5.75 Å². The van der Waals surface area contributed by atoms with E-state index in [0.717, 1.165) is 25.0 Å². The number of hydrogen-bond acceptors (Lipinski definition) is 4. The van der Waals surface area contributed by atoms with Crippen molar-refractivity contribution in [3.8, 4) is 5.75 Å². The van der Waals surface area contributed by atoms with Crippen LogP contribution in [0.2, 0.25) is 0 Å². The maximum atomic E-state index is 11.4. The minimum atomic E-state index is -2.78. The summed E-state index contributed by atoms with van der Waals surface area (Å²) in [6.07, 6.45) is 2.94. The van der Waals surface area contributed by atoms with E-state index in [9.17, 15) is 8.42 Å². The van der Waals surface area contributed by atoms with Crippen LogP contribution in [0.15, 0.2) is 24.3 Å². The number of sulfone groups is 1. The molecule has 3 rings (SSSR count). The van der Waals surface area contributed by atoms with Gasteiger partial charge < -0.3 is 10.1 Å². The molecule has 1 aromatic rings. The molecule has 0 radical (unpaired) electrons. The van der Waals surface area contributed by atoms with Crippen LogP contribution in [0.1, 0.15) is 30.7 Å². The van der Waals surface area contributed by atoms with E-state index in [-0.39, 0.29) is 6.04 Å². The van der Waals surface area contributed by atoms with Crippen molar-refractivity contribution >= 4 is 9.84 Å². The van der Waals surface area contributed by atoms with Gasteiger partial charge in [0.05, 0.1) is 18.6 Å². The molecule has 1 saturated heterocycles. The second kappa shape index (κ2) is 5.37. The number of rotatable bonds is 4. The summed E-state index contributed by atoms with van der Waals surface area (Å²) in [5.74, 6) is 2.13. The van der Waals surface area contributed by atoms with Crippen LogP contribution in [0.3, 0.4) is 0 Å². The normalized spacial score (nSPS) is 31.8. The van der Waals surface area contributed by atoms with E-state index < -0.39 is 9.84 Å². The second-order valence-electron chi connectivity index (χ2n) is 5.91. The zero-order chi connectivity index (χ0) is 14.2. The molecule has 0 spiro atoms. The molecule has 0 amide bonds. The maximum absolute atomic E-state index is 11.4. The van der Waals surface area contributed by atoms with Gasteiger partial charge in [0, 0.05) is 12.1 Å². The first-order valence-electron chi connectivity index (χ1n) is 7.16. The first-order chi connectivity index (χ1) is 9.55. The fourth-order valence-corrected chi connectivity index (χ4v) is 4.87. The lowest BCUT2D eigenvalue weighted by Crippen LogP contribution is -2.46. The van der Waals surface area contributed by atoms with Crippen LogP contribution in [-0.4, -0.2) is 39.1 Å². The Kier molecular flexibility index (Phi) is 3.73. The molecule has 1 unspecified atom stereocenters. The van der Waals surface area contributed by atoms with E-state index in [1.54, 1.807) is 7.11 Å². The van der Waals surface area contributed by atoms with Gasteiger partial charge in [0.15, 0.2) is 9.84 Å². The summed E-state index contributed by atoms with van der Waals surface area (Å²) < 4.78 is 28.1. The fraction of sp³-hybridized carbons (Fsp3) is 0.600. The molecule has 1 N–H and O–H groups in total. The van der Waals surface area contributed by atoms with Crippen molar-refractivity contribution < 1.29 is 13.2 Å². The average Bonchev–Trinajstić information content (AvgIpc) is 2.73. The molecule has 1 heterocycles. The lowest BCUT2D eigenvalue weighted by atomic mass is 9.75. The highest BCUT2D eigenvalue weighted by Crippen LogP contribution is 2.38. The topological polar surface area (TPSA) is 55.4 Å². The molecule has 0 bridgehead atoms. The predicted octanol–water partition coefficient (Wildman–Crippen LogP) is 1.72. The number of methoxy groups -OCH3 is 1. The van der Waals surface area contributed by atoms with Crippen LogP contribution in [0.25, 0.3) is 0 Å². The van der Waals surface area contributed by atoms with Crippen molar-refractivity contribution in [1.29, 1.82) is 0 Å². The third-order valence-electron chi connectivity index (χ3n) is 4.41. The Morgan fingerprint density at radius 2 is 2.05 bits per heavy atom. The number of nitrogens with one attached hydrogen (secondary N) is 1. The third kappa shape index (κ3) is 2.99. The summed E-state index contributed by atoms with van der Waals surface area (Å²) >= 11 is 0. The summed E-state index contributed by atoms with van der Waals surface area (Å²) in [6, 6.07) is 8.85. The number of ether oxygens (including phenoxy) is 1. The minimum Gasteiger partial charge on any atom is -0.497 e. The molecule has 1 aliphatic carbocycles. The van der Waals surface area contributed by atoms with Crippen molar-refractivity contribution in [3.05, 3.63) is 29.8 Å². The zero-order valence-corrected chi connectivity index (χ0v) is 12.5. The quantitative estimate of drug-likeness (QED) is 0.919. The second-order valence-corrected chi connectivity index (χ2v) is 8.14. The van der Waals surface area contributed by atoms with Crippen LogP contribution < -0.4 is 10.1 Å². The average molecular weight is 295 g/mol. The molecule has 110 valence electrons. The Labute approximate surface area is 120 Å². The largest absolute Gasteiger partial charge is 0.497 e. The lowest BCUT2D eigenvalue weighted by molar-refractivity contribution is 0.270. The standard InChI is InChI=1S/C15H21NO3S/c1-19-15-4-2-3-11(9-15)12-7-14(8-12)16-13-5-6-20(17,18)10-13/h2-4,9,12-14,16H,5-8,10H2,1H3. The summed E-state index contributed by atoms with van der Waals surface area (Å²) in [7, 11) is -1.09. The van der Waals surface area contributed by atoms with E-state index in [4.69, 9.17) is 4.74 Å². The van der Waals surface area contributed by atoms with Gasteiger partial charge in [-0.3, -0.25) is 0 Å². The lowest BCUT2D eigenvalue weighted by Gasteiger charge is -2.38. The fourth-order valence-electron chi connectivity index (χ4n) is 3.18. The molecule has 4 nitrogen and oxygen atoms in total. The van der Waals surface area contributed by atoms with Crippen LogP contribution in [-0.2, 0) is 9.84 Å². The van der Waals surface area contributed by atoms with Crippen molar-refractivity contribution in [2.45, 2.75) is 37.3 Å². The third-order valence-corrected chi connectivity index (χ3v) is 6.18. The Morgan fingerprint density at radius 3 is 2.70 bits per heavy atom. The van der Waals surface area contributed by atoms with Crippen LogP contribution in [0, 0.1) is 0 Å². The Balaban J connectivity index is 1.51. The summed E-state index contributed by atoms with van der Waals surface area (Å²) in [5.41, 5.74) is 1.32. The highest BCUT2D eigenvalue weighted by molar-refractivity contribution is 7.91. The van der Waals surface area contributed by atoms with Crippen molar-refractivity contribution in [1.82, 2.24) is 5.32 Å². The summed E-state index contributed by atoms with van der Waals surface area (Å²) in [4.78, 5) is 0. The first-order valence-corrected chi connectivity index (χ1v) is 8.98. The minimum absolute atomic E-state index is 0.163. The predicted molar refractivity (Wildman–Crippen MR) is 79.0 cm³/mol. The molecular formula is C15H21NO3S. The molecule has 2 aliphatic rings. The van der Waals surface area contributed by atoms with Gasteiger partial charge in [0.25, 0.3) is 0 Å². The highest BCUT2D eigenvalue weighted by Gasteiger charge is 2.35. The number of benzene rings is 1. The SMILES string of the molecule is COc1cccc(C2CC(NC3CCS(=O)(=O)C3)C2)c1. The molecule has 20 heavy (non-hydrogen) atoms. The van der Waals surface area contributed by atoms with E-state index in [2.05, 4.69) is 17.4 Å². The highest BCUT2D eigenvalue weighted by atomic mass is 32.2.